The lowest BCUT2D eigenvalue weighted by Gasteiger charge is -2.32. The Hall–Kier alpha value is -1.16. The first kappa shape index (κ1) is 16.2. The van der Waals surface area contributed by atoms with Crippen LogP contribution in [0, 0.1) is 5.92 Å². The van der Waals surface area contributed by atoms with Crippen LogP contribution in [0.25, 0.3) is 0 Å². The maximum Gasteiger partial charge on any atom is 0.338 e. The molecule has 0 radical (unpaired) electrons. The summed E-state index contributed by atoms with van der Waals surface area (Å²) in [5.41, 5.74) is 1.22. The number of anilines is 1. The highest BCUT2D eigenvalue weighted by Crippen LogP contribution is 2.33. The van der Waals surface area contributed by atoms with Gasteiger partial charge in [-0.15, -0.1) is 11.8 Å². The van der Waals surface area contributed by atoms with Gasteiger partial charge in [0, 0.05) is 10.9 Å². The van der Waals surface area contributed by atoms with Crippen LogP contribution in [0.1, 0.15) is 56.3 Å². The number of thioether (sulfide) groups is 1. The molecule has 4 heteroatoms. The topological polar surface area (TPSA) is 49.3 Å². The standard InChI is InChI=1S/C17H25NO2S/c1-3-12-8-5-6-9-13(12)18-14-10-7-11-15(21-4-2)16(14)17(19)20/h7,10-13,18H,3-6,8-9H2,1-2H3,(H,19,20). The number of nitrogens with one attached hydrogen (secondary N) is 1. The van der Waals surface area contributed by atoms with Gasteiger partial charge in [-0.1, -0.05) is 39.2 Å². The van der Waals surface area contributed by atoms with Gasteiger partial charge in [-0.3, -0.25) is 0 Å². The molecule has 0 bridgehead atoms. The number of rotatable bonds is 6. The third kappa shape index (κ3) is 3.94. The summed E-state index contributed by atoms with van der Waals surface area (Å²) in [4.78, 5) is 12.5. The van der Waals surface area contributed by atoms with E-state index >= 15 is 0 Å². The second-order valence-electron chi connectivity index (χ2n) is 5.62. The molecule has 0 aliphatic heterocycles. The van der Waals surface area contributed by atoms with Crippen molar-refractivity contribution in [3.63, 3.8) is 0 Å². The molecule has 116 valence electrons. The number of benzene rings is 1. The Balaban J connectivity index is 2.26. The van der Waals surface area contributed by atoms with Gasteiger partial charge in [-0.2, -0.15) is 0 Å². The zero-order chi connectivity index (χ0) is 15.2. The van der Waals surface area contributed by atoms with Gasteiger partial charge in [0.2, 0.25) is 0 Å². The minimum Gasteiger partial charge on any atom is -0.478 e. The molecule has 1 aliphatic carbocycles. The maximum absolute atomic E-state index is 11.7. The number of carbonyl (C=O) groups is 1. The van der Waals surface area contributed by atoms with Crippen LogP contribution in [0.4, 0.5) is 5.69 Å². The smallest absolute Gasteiger partial charge is 0.338 e. The molecule has 0 aromatic heterocycles. The highest BCUT2D eigenvalue weighted by Gasteiger charge is 2.25. The summed E-state index contributed by atoms with van der Waals surface area (Å²) in [7, 11) is 0. The number of carboxylic acids is 1. The van der Waals surface area contributed by atoms with Crippen molar-refractivity contribution in [2.75, 3.05) is 11.1 Å². The van der Waals surface area contributed by atoms with Gasteiger partial charge < -0.3 is 10.4 Å². The van der Waals surface area contributed by atoms with Gasteiger partial charge in [0.25, 0.3) is 0 Å². The molecule has 0 saturated heterocycles. The lowest BCUT2D eigenvalue weighted by Crippen LogP contribution is -2.32. The average molecular weight is 307 g/mol. The van der Waals surface area contributed by atoms with Gasteiger partial charge in [-0.05, 0) is 36.6 Å². The van der Waals surface area contributed by atoms with E-state index in [-0.39, 0.29) is 0 Å². The molecule has 2 unspecified atom stereocenters. The molecule has 1 fully saturated rings. The number of aromatic carboxylic acids is 1. The SMILES string of the molecule is CCSc1cccc(NC2CCCCC2CC)c1C(=O)O. The Morgan fingerprint density at radius 3 is 2.76 bits per heavy atom. The lowest BCUT2D eigenvalue weighted by molar-refractivity contribution is 0.0694. The van der Waals surface area contributed by atoms with E-state index in [9.17, 15) is 9.90 Å². The third-order valence-corrected chi connectivity index (χ3v) is 5.25. The lowest BCUT2D eigenvalue weighted by atomic mass is 9.82. The average Bonchev–Trinajstić information content (AvgIpc) is 2.48. The van der Waals surface area contributed by atoms with E-state index in [1.54, 1.807) is 11.8 Å². The van der Waals surface area contributed by atoms with Crippen LogP contribution in [0.3, 0.4) is 0 Å². The van der Waals surface area contributed by atoms with Crippen molar-refractivity contribution in [1.82, 2.24) is 0 Å². The summed E-state index contributed by atoms with van der Waals surface area (Å²) in [6, 6.07) is 6.17. The van der Waals surface area contributed by atoms with E-state index in [2.05, 4.69) is 12.2 Å². The summed E-state index contributed by atoms with van der Waals surface area (Å²) < 4.78 is 0. The van der Waals surface area contributed by atoms with Crippen LogP contribution in [0.2, 0.25) is 0 Å². The zero-order valence-corrected chi connectivity index (χ0v) is 13.7. The van der Waals surface area contributed by atoms with Crippen molar-refractivity contribution >= 4 is 23.4 Å². The second kappa shape index (κ2) is 7.74. The number of carboxylic acid groups (broad SMARTS) is 1. The normalized spacial score (nSPS) is 22.0. The first-order valence-corrected chi connectivity index (χ1v) is 8.91. The van der Waals surface area contributed by atoms with Crippen LogP contribution in [-0.2, 0) is 0 Å². The van der Waals surface area contributed by atoms with Crippen molar-refractivity contribution in [3.05, 3.63) is 23.8 Å². The van der Waals surface area contributed by atoms with Crippen LogP contribution >= 0.6 is 11.8 Å². The Morgan fingerprint density at radius 2 is 2.10 bits per heavy atom. The Labute approximate surface area is 131 Å². The van der Waals surface area contributed by atoms with E-state index in [4.69, 9.17) is 0 Å². The van der Waals surface area contributed by atoms with E-state index in [1.165, 1.54) is 19.3 Å². The molecular weight excluding hydrogens is 282 g/mol. The van der Waals surface area contributed by atoms with Crippen LogP contribution < -0.4 is 5.32 Å². The molecule has 1 aromatic rings. The molecule has 2 atom stereocenters. The molecular formula is C17H25NO2S. The van der Waals surface area contributed by atoms with E-state index in [0.29, 0.717) is 17.5 Å². The Morgan fingerprint density at radius 1 is 1.33 bits per heavy atom. The molecule has 1 aromatic carbocycles. The van der Waals surface area contributed by atoms with Gasteiger partial charge in [-0.25, -0.2) is 4.79 Å². The predicted octanol–water partition coefficient (Wildman–Crippen LogP) is 4.88. The predicted molar refractivity (Wildman–Crippen MR) is 89.5 cm³/mol. The highest BCUT2D eigenvalue weighted by atomic mass is 32.2. The molecule has 2 N–H and O–H groups in total. The molecule has 0 amide bonds. The summed E-state index contributed by atoms with van der Waals surface area (Å²) >= 11 is 1.59. The third-order valence-electron chi connectivity index (χ3n) is 4.31. The molecule has 0 heterocycles. The highest BCUT2D eigenvalue weighted by molar-refractivity contribution is 7.99. The first-order valence-electron chi connectivity index (χ1n) is 7.93. The van der Waals surface area contributed by atoms with Crippen LogP contribution in [0.15, 0.2) is 23.1 Å². The van der Waals surface area contributed by atoms with Crippen molar-refractivity contribution in [3.8, 4) is 0 Å². The fourth-order valence-electron chi connectivity index (χ4n) is 3.23. The van der Waals surface area contributed by atoms with Crippen molar-refractivity contribution in [2.45, 2.75) is 56.9 Å². The van der Waals surface area contributed by atoms with Crippen molar-refractivity contribution in [1.29, 1.82) is 0 Å². The van der Waals surface area contributed by atoms with Gasteiger partial charge in [0.05, 0.1) is 11.3 Å². The fourth-order valence-corrected chi connectivity index (χ4v) is 4.06. The molecule has 21 heavy (non-hydrogen) atoms. The van der Waals surface area contributed by atoms with Gasteiger partial charge in [0.1, 0.15) is 0 Å². The monoisotopic (exact) mass is 307 g/mol. The van der Waals surface area contributed by atoms with Crippen LogP contribution in [0.5, 0.6) is 0 Å². The molecule has 1 aliphatic rings. The van der Waals surface area contributed by atoms with Crippen molar-refractivity contribution in [2.24, 2.45) is 5.92 Å². The summed E-state index contributed by atoms with van der Waals surface area (Å²) in [6.45, 7) is 4.27. The van der Waals surface area contributed by atoms with Gasteiger partial charge >= 0.3 is 5.97 Å². The zero-order valence-electron chi connectivity index (χ0n) is 12.9. The quantitative estimate of drug-likeness (QED) is 0.736. The molecule has 2 rings (SSSR count). The van der Waals surface area contributed by atoms with E-state index < -0.39 is 5.97 Å². The molecule has 3 nitrogen and oxygen atoms in total. The maximum atomic E-state index is 11.7. The number of hydrogen-bond acceptors (Lipinski definition) is 3. The second-order valence-corrected chi connectivity index (χ2v) is 6.93. The van der Waals surface area contributed by atoms with Crippen LogP contribution in [-0.4, -0.2) is 22.9 Å². The summed E-state index contributed by atoms with van der Waals surface area (Å²) in [6.07, 6.45) is 6.08. The number of hydrogen-bond donors (Lipinski definition) is 2. The van der Waals surface area contributed by atoms with Crippen molar-refractivity contribution < 1.29 is 9.90 Å². The Kier molecular flexibility index (Phi) is 5.97. The minimum absolute atomic E-state index is 0.406. The summed E-state index contributed by atoms with van der Waals surface area (Å²) in [5, 5.41) is 13.1. The molecule has 1 saturated carbocycles. The van der Waals surface area contributed by atoms with Gasteiger partial charge in [0.15, 0.2) is 0 Å². The summed E-state index contributed by atoms with van der Waals surface area (Å²) in [5.74, 6) is 0.700. The fraction of sp³-hybridized carbons (Fsp3) is 0.588. The van der Waals surface area contributed by atoms with E-state index in [1.807, 2.05) is 25.1 Å². The molecule has 0 spiro atoms. The largest absolute Gasteiger partial charge is 0.478 e. The Bertz CT molecular complexity index is 490. The van der Waals surface area contributed by atoms with E-state index in [0.717, 1.165) is 29.2 Å². The minimum atomic E-state index is -0.835. The first-order chi connectivity index (χ1) is 10.2.